The molecule has 2 aromatic heterocycles. The van der Waals surface area contributed by atoms with Crippen molar-refractivity contribution in [2.75, 3.05) is 13.6 Å². The minimum Gasteiger partial charge on any atom is -0.356 e. The summed E-state index contributed by atoms with van der Waals surface area (Å²) < 4.78 is 26.2. The van der Waals surface area contributed by atoms with Crippen molar-refractivity contribution in [3.8, 4) is 0 Å². The molecular weight excluding hydrogens is 296 g/mol. The number of rotatable bonds is 6. The second kappa shape index (κ2) is 7.72. The highest BCUT2D eigenvalue weighted by molar-refractivity contribution is 7.09. The van der Waals surface area contributed by atoms with E-state index in [1.165, 1.54) is 17.3 Å². The molecule has 0 aromatic carbocycles. The van der Waals surface area contributed by atoms with Gasteiger partial charge in [0.05, 0.1) is 6.54 Å². The molecule has 0 saturated carbocycles. The summed E-state index contributed by atoms with van der Waals surface area (Å²) >= 11 is 1.70. The average molecular weight is 313 g/mol. The molecule has 0 saturated heterocycles. The predicted molar refractivity (Wildman–Crippen MR) is 79.7 cm³/mol. The molecular formula is C13H17F2N5S. The number of guanidine groups is 1. The molecule has 2 N–H and O–H groups in total. The first-order valence-electron chi connectivity index (χ1n) is 6.47. The van der Waals surface area contributed by atoms with Crippen LogP contribution in [-0.4, -0.2) is 29.1 Å². The third-order valence-electron chi connectivity index (χ3n) is 2.84. The van der Waals surface area contributed by atoms with Gasteiger partial charge in [-0.05, 0) is 17.9 Å². The van der Waals surface area contributed by atoms with E-state index in [1.807, 2.05) is 11.4 Å². The smallest absolute Gasteiger partial charge is 0.319 e. The molecule has 0 unspecified atom stereocenters. The summed E-state index contributed by atoms with van der Waals surface area (Å²) in [7, 11) is 1.64. The number of hydrogen-bond acceptors (Lipinski definition) is 3. The summed E-state index contributed by atoms with van der Waals surface area (Å²) in [6.07, 6.45) is 3.51. The van der Waals surface area contributed by atoms with Crippen molar-refractivity contribution < 1.29 is 8.78 Å². The standard InChI is InChI=1S/C13H17F2N5S/c1-16-13(18-5-4-10-3-2-8-21-10)19-9-11-17-6-7-20(11)12(14)15/h2-3,6-8,12H,4-5,9H2,1H3,(H2,16,18,19). The van der Waals surface area contributed by atoms with E-state index in [1.54, 1.807) is 18.4 Å². The van der Waals surface area contributed by atoms with E-state index in [0.717, 1.165) is 17.5 Å². The van der Waals surface area contributed by atoms with Gasteiger partial charge in [-0.25, -0.2) is 4.98 Å². The largest absolute Gasteiger partial charge is 0.356 e. The van der Waals surface area contributed by atoms with Gasteiger partial charge in [0.25, 0.3) is 0 Å². The molecule has 8 heteroatoms. The van der Waals surface area contributed by atoms with Crippen molar-refractivity contribution in [3.05, 3.63) is 40.6 Å². The highest BCUT2D eigenvalue weighted by atomic mass is 32.1. The van der Waals surface area contributed by atoms with E-state index < -0.39 is 6.55 Å². The predicted octanol–water partition coefficient (Wildman–Crippen LogP) is 2.25. The molecule has 0 aliphatic rings. The first-order chi connectivity index (χ1) is 10.2. The van der Waals surface area contributed by atoms with Gasteiger partial charge >= 0.3 is 6.55 Å². The van der Waals surface area contributed by atoms with Gasteiger partial charge in [-0.1, -0.05) is 6.07 Å². The van der Waals surface area contributed by atoms with E-state index in [-0.39, 0.29) is 12.4 Å². The van der Waals surface area contributed by atoms with Crippen LogP contribution >= 0.6 is 11.3 Å². The van der Waals surface area contributed by atoms with E-state index >= 15 is 0 Å². The van der Waals surface area contributed by atoms with Crippen molar-refractivity contribution in [2.24, 2.45) is 4.99 Å². The van der Waals surface area contributed by atoms with Crippen LogP contribution in [0.2, 0.25) is 0 Å². The number of aliphatic imine (C=N–C) groups is 1. The minimum atomic E-state index is -2.59. The monoisotopic (exact) mass is 313 g/mol. The van der Waals surface area contributed by atoms with Crippen LogP contribution in [0.15, 0.2) is 34.9 Å². The number of halogens is 2. The Labute approximate surface area is 125 Å². The molecule has 0 aliphatic carbocycles. The molecule has 0 fully saturated rings. The normalized spacial score (nSPS) is 11.9. The van der Waals surface area contributed by atoms with Crippen molar-refractivity contribution in [2.45, 2.75) is 19.5 Å². The van der Waals surface area contributed by atoms with Gasteiger partial charge in [0.2, 0.25) is 0 Å². The molecule has 0 radical (unpaired) electrons. The average Bonchev–Trinajstić information content (AvgIpc) is 3.13. The fourth-order valence-corrected chi connectivity index (χ4v) is 2.51. The van der Waals surface area contributed by atoms with Crippen LogP contribution in [0.3, 0.4) is 0 Å². The lowest BCUT2D eigenvalue weighted by atomic mass is 10.3. The number of aromatic nitrogens is 2. The first kappa shape index (κ1) is 15.4. The van der Waals surface area contributed by atoms with Gasteiger partial charge in [0.15, 0.2) is 5.96 Å². The van der Waals surface area contributed by atoms with Gasteiger partial charge in [0.1, 0.15) is 5.82 Å². The van der Waals surface area contributed by atoms with E-state index in [4.69, 9.17) is 0 Å². The van der Waals surface area contributed by atoms with Crippen LogP contribution in [-0.2, 0) is 13.0 Å². The highest BCUT2D eigenvalue weighted by Gasteiger charge is 2.11. The number of nitrogens with one attached hydrogen (secondary N) is 2. The Morgan fingerprint density at radius 1 is 1.48 bits per heavy atom. The Hall–Kier alpha value is -1.96. The highest BCUT2D eigenvalue weighted by Crippen LogP contribution is 2.12. The maximum Gasteiger partial charge on any atom is 0.319 e. The SMILES string of the molecule is CN=C(NCCc1cccs1)NCc1nccn1C(F)F. The molecule has 5 nitrogen and oxygen atoms in total. The lowest BCUT2D eigenvalue weighted by molar-refractivity contribution is 0.0668. The molecule has 114 valence electrons. The molecule has 21 heavy (non-hydrogen) atoms. The zero-order valence-electron chi connectivity index (χ0n) is 11.6. The second-order valence-corrected chi connectivity index (χ2v) is 5.24. The van der Waals surface area contributed by atoms with E-state index in [2.05, 4.69) is 26.7 Å². The minimum absolute atomic E-state index is 0.190. The third kappa shape index (κ3) is 4.52. The van der Waals surface area contributed by atoms with Crippen molar-refractivity contribution in [1.29, 1.82) is 0 Å². The number of alkyl halides is 2. The van der Waals surface area contributed by atoms with Crippen LogP contribution < -0.4 is 10.6 Å². The quantitative estimate of drug-likeness (QED) is 0.635. The fraction of sp³-hybridized carbons (Fsp3) is 0.385. The van der Waals surface area contributed by atoms with Crippen molar-refractivity contribution >= 4 is 17.3 Å². The Kier molecular flexibility index (Phi) is 5.68. The lowest BCUT2D eigenvalue weighted by Gasteiger charge is -2.12. The Morgan fingerprint density at radius 2 is 2.33 bits per heavy atom. The van der Waals surface area contributed by atoms with E-state index in [0.29, 0.717) is 5.96 Å². The van der Waals surface area contributed by atoms with Crippen LogP contribution in [0, 0.1) is 0 Å². The summed E-state index contributed by atoms with van der Waals surface area (Å²) in [5.41, 5.74) is 0. The summed E-state index contributed by atoms with van der Waals surface area (Å²) in [6, 6.07) is 4.08. The molecule has 2 rings (SSSR count). The van der Waals surface area contributed by atoms with Crippen molar-refractivity contribution in [3.63, 3.8) is 0 Å². The van der Waals surface area contributed by atoms with E-state index in [9.17, 15) is 8.78 Å². The molecule has 0 aliphatic heterocycles. The fourth-order valence-electron chi connectivity index (χ4n) is 1.80. The number of imidazole rings is 1. The summed E-state index contributed by atoms with van der Waals surface area (Å²) in [5, 5.41) is 8.15. The first-order valence-corrected chi connectivity index (χ1v) is 7.35. The molecule has 0 atom stereocenters. The maximum atomic E-state index is 12.7. The van der Waals surface area contributed by atoms with Crippen LogP contribution in [0.1, 0.15) is 17.3 Å². The Morgan fingerprint density at radius 3 is 3.00 bits per heavy atom. The zero-order valence-corrected chi connectivity index (χ0v) is 12.4. The lowest BCUT2D eigenvalue weighted by Crippen LogP contribution is -2.38. The zero-order chi connectivity index (χ0) is 15.1. The Bertz CT molecular complexity index is 565. The summed E-state index contributed by atoms with van der Waals surface area (Å²) in [6.45, 7) is -1.67. The van der Waals surface area contributed by atoms with Gasteiger partial charge in [-0.15, -0.1) is 11.3 Å². The van der Waals surface area contributed by atoms with Crippen LogP contribution in [0.5, 0.6) is 0 Å². The Balaban J connectivity index is 1.78. The number of hydrogen-bond donors (Lipinski definition) is 2. The van der Waals surface area contributed by atoms with Gasteiger partial charge in [-0.2, -0.15) is 8.78 Å². The molecule has 0 spiro atoms. The summed E-state index contributed by atoms with van der Waals surface area (Å²) in [4.78, 5) is 9.24. The second-order valence-electron chi connectivity index (χ2n) is 4.21. The number of nitrogens with zero attached hydrogens (tertiary/aromatic N) is 3. The number of thiophene rings is 1. The maximum absolute atomic E-state index is 12.7. The topological polar surface area (TPSA) is 54.2 Å². The van der Waals surface area contributed by atoms with Crippen LogP contribution in [0.25, 0.3) is 0 Å². The molecule has 2 aromatic rings. The van der Waals surface area contributed by atoms with Gasteiger partial charge in [0, 0.05) is 30.9 Å². The molecule has 2 heterocycles. The summed E-state index contributed by atoms with van der Waals surface area (Å²) in [5.74, 6) is 0.835. The van der Waals surface area contributed by atoms with Gasteiger partial charge in [-0.3, -0.25) is 9.56 Å². The van der Waals surface area contributed by atoms with Gasteiger partial charge < -0.3 is 10.6 Å². The van der Waals surface area contributed by atoms with Crippen LogP contribution in [0.4, 0.5) is 8.78 Å². The van der Waals surface area contributed by atoms with Crippen molar-refractivity contribution in [1.82, 2.24) is 20.2 Å². The third-order valence-corrected chi connectivity index (χ3v) is 3.78. The molecule has 0 amide bonds. The molecule has 0 bridgehead atoms.